The molecule has 28 heavy (non-hydrogen) atoms. The van der Waals surface area contributed by atoms with Gasteiger partial charge in [-0.2, -0.15) is 0 Å². The van der Waals surface area contributed by atoms with E-state index in [4.69, 9.17) is 9.47 Å². The van der Waals surface area contributed by atoms with Gasteiger partial charge in [0, 0.05) is 22.9 Å². The Morgan fingerprint density at radius 1 is 1.18 bits per heavy atom. The number of ether oxygens (including phenoxy) is 2. The Bertz CT molecular complexity index is 846. The van der Waals surface area contributed by atoms with E-state index in [0.29, 0.717) is 11.3 Å². The number of benzene rings is 2. The summed E-state index contributed by atoms with van der Waals surface area (Å²) in [4.78, 5) is 25.4. The van der Waals surface area contributed by atoms with Crippen molar-refractivity contribution in [2.24, 2.45) is 0 Å². The minimum absolute atomic E-state index is 0.234. The molecule has 2 aromatic rings. The number of aryl methyl sites for hydroxylation is 2. The second kappa shape index (κ2) is 9.75. The summed E-state index contributed by atoms with van der Waals surface area (Å²) >= 11 is 1.59. The molecule has 0 aromatic heterocycles. The van der Waals surface area contributed by atoms with Crippen molar-refractivity contribution in [3.63, 3.8) is 0 Å². The maximum Gasteiger partial charge on any atom is 0.339 e. The Labute approximate surface area is 169 Å². The van der Waals surface area contributed by atoms with Crippen LogP contribution in [0, 0.1) is 13.8 Å². The number of carbonyl (C=O) groups is 2. The molecular formula is C22H25NO4S. The summed E-state index contributed by atoms with van der Waals surface area (Å²) in [6.07, 6.45) is 2.38. The van der Waals surface area contributed by atoms with Crippen LogP contribution < -0.4 is 5.32 Å². The first-order chi connectivity index (χ1) is 13.5. The highest BCUT2D eigenvalue weighted by Crippen LogP contribution is 2.27. The summed E-state index contributed by atoms with van der Waals surface area (Å²) in [5.74, 6) is -0.0517. The Kier molecular flexibility index (Phi) is 7.12. The number of rotatable bonds is 7. The largest absolute Gasteiger partial charge is 0.452 e. The number of hydrogen-bond donors (Lipinski definition) is 1. The number of nitrogens with one attached hydrogen (secondary N) is 1. The van der Waals surface area contributed by atoms with Crippen LogP contribution in [0.5, 0.6) is 0 Å². The minimum atomic E-state index is -0.495. The summed E-state index contributed by atoms with van der Waals surface area (Å²) in [6.45, 7) is 4.48. The fourth-order valence-electron chi connectivity index (χ4n) is 2.94. The van der Waals surface area contributed by atoms with Gasteiger partial charge in [-0.05, 0) is 62.1 Å². The van der Waals surface area contributed by atoms with Crippen molar-refractivity contribution < 1.29 is 19.1 Å². The number of anilines is 1. The second-order valence-electron chi connectivity index (χ2n) is 6.87. The van der Waals surface area contributed by atoms with E-state index in [1.807, 2.05) is 44.2 Å². The monoisotopic (exact) mass is 399 g/mol. The van der Waals surface area contributed by atoms with Gasteiger partial charge in [0.05, 0.1) is 11.7 Å². The summed E-state index contributed by atoms with van der Waals surface area (Å²) < 4.78 is 10.9. The number of amides is 1. The van der Waals surface area contributed by atoms with Gasteiger partial charge < -0.3 is 14.8 Å². The van der Waals surface area contributed by atoms with Gasteiger partial charge in [-0.15, -0.1) is 11.8 Å². The van der Waals surface area contributed by atoms with Gasteiger partial charge in [0.2, 0.25) is 0 Å². The third kappa shape index (κ3) is 5.59. The molecule has 1 aliphatic rings. The molecule has 1 amide bonds. The summed E-state index contributed by atoms with van der Waals surface area (Å²) in [5.41, 5.74) is 3.41. The van der Waals surface area contributed by atoms with E-state index in [-0.39, 0.29) is 18.6 Å². The summed E-state index contributed by atoms with van der Waals surface area (Å²) in [6, 6.07) is 13.0. The summed E-state index contributed by atoms with van der Waals surface area (Å²) in [5, 5.41) is 2.76. The molecule has 1 fully saturated rings. The number of esters is 1. The van der Waals surface area contributed by atoms with Gasteiger partial charge in [-0.25, -0.2) is 4.79 Å². The van der Waals surface area contributed by atoms with E-state index in [1.165, 1.54) is 0 Å². The standard InChI is InChI=1S/C22H25NO4S/c1-15-9-10-17(12-16(15)2)23-21(24)13-27-22(25)19-7-3-4-8-20(19)28-14-18-6-5-11-26-18/h3-4,7-10,12,18H,5-6,11,13-14H2,1-2H3,(H,23,24)/t18-/m0/s1. The van der Waals surface area contributed by atoms with E-state index < -0.39 is 5.97 Å². The minimum Gasteiger partial charge on any atom is -0.452 e. The van der Waals surface area contributed by atoms with Crippen LogP contribution in [0.3, 0.4) is 0 Å². The van der Waals surface area contributed by atoms with Crippen molar-refractivity contribution in [1.29, 1.82) is 0 Å². The van der Waals surface area contributed by atoms with Crippen molar-refractivity contribution in [3.05, 3.63) is 59.2 Å². The first-order valence-corrected chi connectivity index (χ1v) is 10.4. The van der Waals surface area contributed by atoms with E-state index in [2.05, 4.69) is 5.32 Å². The topological polar surface area (TPSA) is 64.6 Å². The lowest BCUT2D eigenvalue weighted by Crippen LogP contribution is -2.21. The Hall–Kier alpha value is -2.31. The molecule has 0 unspecified atom stereocenters. The van der Waals surface area contributed by atoms with Crippen LogP contribution in [0.15, 0.2) is 47.4 Å². The fraction of sp³-hybridized carbons (Fsp3) is 0.364. The lowest BCUT2D eigenvalue weighted by molar-refractivity contribution is -0.119. The Morgan fingerprint density at radius 3 is 2.75 bits per heavy atom. The maximum atomic E-state index is 12.5. The van der Waals surface area contributed by atoms with E-state index in [9.17, 15) is 9.59 Å². The number of hydrogen-bond acceptors (Lipinski definition) is 5. The molecule has 1 N–H and O–H groups in total. The first-order valence-electron chi connectivity index (χ1n) is 9.40. The molecule has 6 heteroatoms. The van der Waals surface area contributed by atoms with Gasteiger partial charge >= 0.3 is 5.97 Å². The van der Waals surface area contributed by atoms with Crippen molar-refractivity contribution in [2.75, 3.05) is 24.3 Å². The van der Waals surface area contributed by atoms with Crippen LogP contribution in [-0.4, -0.2) is 36.9 Å². The van der Waals surface area contributed by atoms with E-state index >= 15 is 0 Å². The van der Waals surface area contributed by atoms with E-state index in [1.54, 1.807) is 23.9 Å². The third-order valence-corrected chi connectivity index (χ3v) is 5.89. The van der Waals surface area contributed by atoms with Gasteiger partial charge in [0.15, 0.2) is 6.61 Å². The molecule has 1 atom stereocenters. The SMILES string of the molecule is Cc1ccc(NC(=O)COC(=O)c2ccccc2SC[C@@H]2CCCO2)cc1C. The maximum absolute atomic E-state index is 12.5. The molecule has 2 aromatic carbocycles. The molecule has 5 nitrogen and oxygen atoms in total. The van der Waals surface area contributed by atoms with Crippen LogP contribution in [0.1, 0.15) is 34.3 Å². The van der Waals surface area contributed by atoms with Gasteiger partial charge in [-0.1, -0.05) is 18.2 Å². The molecular weight excluding hydrogens is 374 g/mol. The molecule has 0 aliphatic carbocycles. The average molecular weight is 400 g/mol. The predicted octanol–water partition coefficient (Wildman–Crippen LogP) is 4.37. The smallest absolute Gasteiger partial charge is 0.339 e. The molecule has 0 saturated carbocycles. The second-order valence-corrected chi connectivity index (χ2v) is 7.93. The molecule has 1 saturated heterocycles. The third-order valence-electron chi connectivity index (χ3n) is 4.68. The molecule has 3 rings (SSSR count). The highest BCUT2D eigenvalue weighted by atomic mass is 32.2. The number of thioether (sulfide) groups is 1. The van der Waals surface area contributed by atoms with Crippen molar-refractivity contribution in [2.45, 2.75) is 37.7 Å². The molecule has 148 valence electrons. The van der Waals surface area contributed by atoms with Crippen LogP contribution in [0.2, 0.25) is 0 Å². The van der Waals surface area contributed by atoms with Gasteiger partial charge in [-0.3, -0.25) is 4.79 Å². The Morgan fingerprint density at radius 2 is 2.00 bits per heavy atom. The lowest BCUT2D eigenvalue weighted by atomic mass is 10.1. The van der Waals surface area contributed by atoms with Gasteiger partial charge in [0.1, 0.15) is 0 Å². The Balaban J connectivity index is 1.53. The van der Waals surface area contributed by atoms with Crippen molar-refractivity contribution >= 4 is 29.3 Å². The quantitative estimate of drug-likeness (QED) is 0.553. The molecule has 0 spiro atoms. The van der Waals surface area contributed by atoms with Crippen LogP contribution >= 0.6 is 11.8 Å². The van der Waals surface area contributed by atoms with Crippen LogP contribution in [0.25, 0.3) is 0 Å². The molecule has 1 aliphatic heterocycles. The predicted molar refractivity (Wildman–Crippen MR) is 111 cm³/mol. The zero-order valence-corrected chi connectivity index (χ0v) is 17.0. The highest BCUT2D eigenvalue weighted by molar-refractivity contribution is 7.99. The van der Waals surface area contributed by atoms with Crippen molar-refractivity contribution in [1.82, 2.24) is 0 Å². The molecule has 1 heterocycles. The number of carbonyl (C=O) groups excluding carboxylic acids is 2. The molecule has 0 radical (unpaired) electrons. The first kappa shape index (κ1) is 20.4. The zero-order chi connectivity index (χ0) is 19.9. The van der Waals surface area contributed by atoms with Gasteiger partial charge in [0.25, 0.3) is 5.91 Å². The molecule has 0 bridgehead atoms. The highest BCUT2D eigenvalue weighted by Gasteiger charge is 2.19. The normalized spacial score (nSPS) is 16.0. The average Bonchev–Trinajstić information content (AvgIpc) is 3.21. The van der Waals surface area contributed by atoms with E-state index in [0.717, 1.165) is 41.2 Å². The zero-order valence-electron chi connectivity index (χ0n) is 16.2. The fourth-order valence-corrected chi connectivity index (χ4v) is 4.05. The van der Waals surface area contributed by atoms with Crippen molar-refractivity contribution in [3.8, 4) is 0 Å². The van der Waals surface area contributed by atoms with Crippen LogP contribution in [-0.2, 0) is 14.3 Å². The lowest BCUT2D eigenvalue weighted by Gasteiger charge is -2.12. The van der Waals surface area contributed by atoms with Crippen LogP contribution in [0.4, 0.5) is 5.69 Å². The summed E-state index contributed by atoms with van der Waals surface area (Å²) in [7, 11) is 0.